The smallest absolute Gasteiger partial charge is 0.220 e. The van der Waals surface area contributed by atoms with Crippen LogP contribution in [0.5, 0.6) is 0 Å². The van der Waals surface area contributed by atoms with Gasteiger partial charge >= 0.3 is 0 Å². The highest BCUT2D eigenvalue weighted by molar-refractivity contribution is 5.85. The number of rotatable bonds is 4. The largest absolute Gasteiger partial charge is 0.381 e. The minimum absolute atomic E-state index is 0. The molecule has 2 saturated heterocycles. The van der Waals surface area contributed by atoms with E-state index < -0.39 is 0 Å². The first kappa shape index (κ1) is 19.0. The van der Waals surface area contributed by atoms with Gasteiger partial charge in [0.1, 0.15) is 0 Å². The monoisotopic (exact) mass is 344 g/mol. The zero-order valence-electron chi connectivity index (χ0n) is 14.3. The van der Waals surface area contributed by atoms with Crippen molar-refractivity contribution in [3.63, 3.8) is 0 Å². The second-order valence-electron chi connectivity index (χ2n) is 7.69. The lowest BCUT2D eigenvalue weighted by Gasteiger charge is -2.42. The van der Waals surface area contributed by atoms with Crippen LogP contribution in [0, 0.1) is 11.3 Å². The minimum Gasteiger partial charge on any atom is -0.381 e. The fourth-order valence-corrected chi connectivity index (χ4v) is 4.48. The number of nitrogens with one attached hydrogen (secondary N) is 2. The molecule has 0 aromatic carbocycles. The Bertz CT molecular complexity index is 356. The van der Waals surface area contributed by atoms with Gasteiger partial charge in [0.2, 0.25) is 5.91 Å². The lowest BCUT2D eigenvalue weighted by Crippen LogP contribution is -2.42. The van der Waals surface area contributed by atoms with Crippen LogP contribution in [-0.2, 0) is 9.53 Å². The summed E-state index contributed by atoms with van der Waals surface area (Å²) in [6.45, 7) is 4.13. The molecule has 23 heavy (non-hydrogen) atoms. The van der Waals surface area contributed by atoms with Gasteiger partial charge in [0.15, 0.2) is 0 Å². The Kier molecular flexibility index (Phi) is 7.64. The molecule has 1 aliphatic carbocycles. The van der Waals surface area contributed by atoms with E-state index in [1.165, 1.54) is 51.4 Å². The maximum atomic E-state index is 12.2. The summed E-state index contributed by atoms with van der Waals surface area (Å²) in [6, 6.07) is 0.425. The maximum Gasteiger partial charge on any atom is 0.220 e. The van der Waals surface area contributed by atoms with Gasteiger partial charge in [-0.15, -0.1) is 12.4 Å². The van der Waals surface area contributed by atoms with Crippen molar-refractivity contribution in [2.75, 3.05) is 26.3 Å². The Morgan fingerprint density at radius 3 is 2.35 bits per heavy atom. The first-order valence-corrected chi connectivity index (χ1v) is 9.34. The average molecular weight is 345 g/mol. The van der Waals surface area contributed by atoms with E-state index in [9.17, 15) is 4.79 Å². The molecule has 3 aliphatic rings. The van der Waals surface area contributed by atoms with E-state index in [2.05, 4.69) is 10.6 Å². The average Bonchev–Trinajstić information content (AvgIpc) is 2.57. The second-order valence-corrected chi connectivity index (χ2v) is 7.69. The number of hydrogen-bond acceptors (Lipinski definition) is 3. The SMILES string of the molecule is Cl.O=C(CCC1CCNCC1)NC1CCC2(CCOCC2)CC1. The molecule has 0 bridgehead atoms. The van der Waals surface area contributed by atoms with E-state index in [4.69, 9.17) is 4.74 Å². The Morgan fingerprint density at radius 1 is 1.04 bits per heavy atom. The molecular formula is C18H33ClN2O2. The maximum absolute atomic E-state index is 12.2. The highest BCUT2D eigenvalue weighted by Gasteiger charge is 2.36. The summed E-state index contributed by atoms with van der Waals surface area (Å²) in [4.78, 5) is 12.2. The summed E-state index contributed by atoms with van der Waals surface area (Å²) < 4.78 is 5.50. The molecule has 134 valence electrons. The molecule has 0 radical (unpaired) electrons. The zero-order valence-corrected chi connectivity index (χ0v) is 15.1. The standard InChI is InChI=1S/C18H32N2O2.ClH/c21-17(2-1-15-5-11-19-12-6-15)20-16-3-7-18(8-4-16)9-13-22-14-10-18;/h15-16,19H,1-14H2,(H,20,21);1H. The molecule has 3 rings (SSSR count). The van der Waals surface area contributed by atoms with Crippen molar-refractivity contribution < 1.29 is 9.53 Å². The van der Waals surface area contributed by atoms with Crippen LogP contribution in [0.1, 0.15) is 64.2 Å². The molecule has 1 spiro atoms. The van der Waals surface area contributed by atoms with Gasteiger partial charge in [0.25, 0.3) is 0 Å². The number of hydrogen-bond donors (Lipinski definition) is 2. The van der Waals surface area contributed by atoms with Crippen LogP contribution < -0.4 is 10.6 Å². The van der Waals surface area contributed by atoms with E-state index in [0.717, 1.165) is 45.1 Å². The third-order valence-electron chi connectivity index (χ3n) is 6.20. The van der Waals surface area contributed by atoms with E-state index in [1.807, 2.05) is 0 Å². The lowest BCUT2D eigenvalue weighted by molar-refractivity contribution is -0.122. The Hall–Kier alpha value is -0.320. The van der Waals surface area contributed by atoms with E-state index in [1.54, 1.807) is 0 Å². The number of carbonyl (C=O) groups excluding carboxylic acids is 1. The molecular weight excluding hydrogens is 312 g/mol. The molecule has 2 aliphatic heterocycles. The van der Waals surface area contributed by atoms with Crippen LogP contribution in [0.2, 0.25) is 0 Å². The van der Waals surface area contributed by atoms with Crippen molar-refractivity contribution in [3.05, 3.63) is 0 Å². The second kappa shape index (κ2) is 9.24. The molecule has 1 amide bonds. The number of halogens is 1. The number of piperidine rings is 1. The van der Waals surface area contributed by atoms with Crippen molar-refractivity contribution in [2.45, 2.75) is 70.3 Å². The Balaban J connectivity index is 0.00000192. The molecule has 2 heterocycles. The van der Waals surface area contributed by atoms with Gasteiger partial charge in [-0.25, -0.2) is 0 Å². The van der Waals surface area contributed by atoms with Crippen molar-refractivity contribution in [1.82, 2.24) is 10.6 Å². The highest BCUT2D eigenvalue weighted by atomic mass is 35.5. The zero-order chi connectivity index (χ0) is 15.3. The van der Waals surface area contributed by atoms with Crippen LogP contribution in [-0.4, -0.2) is 38.3 Å². The van der Waals surface area contributed by atoms with E-state index in [-0.39, 0.29) is 18.3 Å². The van der Waals surface area contributed by atoms with Crippen molar-refractivity contribution in [2.24, 2.45) is 11.3 Å². The van der Waals surface area contributed by atoms with Gasteiger partial charge < -0.3 is 15.4 Å². The number of carbonyl (C=O) groups is 1. The summed E-state index contributed by atoms with van der Waals surface area (Å²) in [6.07, 6.45) is 11.6. The van der Waals surface area contributed by atoms with Crippen LogP contribution in [0.3, 0.4) is 0 Å². The molecule has 0 unspecified atom stereocenters. The molecule has 0 atom stereocenters. The summed E-state index contributed by atoms with van der Waals surface area (Å²) >= 11 is 0. The van der Waals surface area contributed by atoms with Gasteiger partial charge in [-0.1, -0.05) is 0 Å². The predicted molar refractivity (Wildman–Crippen MR) is 95.0 cm³/mol. The third-order valence-corrected chi connectivity index (χ3v) is 6.20. The molecule has 4 nitrogen and oxygen atoms in total. The van der Waals surface area contributed by atoms with Crippen LogP contribution in [0.25, 0.3) is 0 Å². The van der Waals surface area contributed by atoms with Crippen molar-refractivity contribution in [1.29, 1.82) is 0 Å². The quantitative estimate of drug-likeness (QED) is 0.824. The van der Waals surface area contributed by atoms with Crippen molar-refractivity contribution in [3.8, 4) is 0 Å². The van der Waals surface area contributed by atoms with Crippen LogP contribution >= 0.6 is 12.4 Å². The summed E-state index contributed by atoms with van der Waals surface area (Å²) in [5.74, 6) is 1.04. The van der Waals surface area contributed by atoms with Gasteiger partial charge in [-0.05, 0) is 82.2 Å². The van der Waals surface area contributed by atoms with Gasteiger partial charge in [-0.2, -0.15) is 0 Å². The van der Waals surface area contributed by atoms with Gasteiger partial charge in [-0.3, -0.25) is 4.79 Å². The van der Waals surface area contributed by atoms with Crippen molar-refractivity contribution >= 4 is 18.3 Å². The summed E-state index contributed by atoms with van der Waals surface area (Å²) in [5.41, 5.74) is 0.536. The highest BCUT2D eigenvalue weighted by Crippen LogP contribution is 2.44. The molecule has 2 N–H and O–H groups in total. The molecule has 3 fully saturated rings. The third kappa shape index (κ3) is 5.61. The first-order valence-electron chi connectivity index (χ1n) is 9.34. The summed E-state index contributed by atoms with van der Waals surface area (Å²) in [7, 11) is 0. The molecule has 0 aromatic rings. The molecule has 5 heteroatoms. The fourth-order valence-electron chi connectivity index (χ4n) is 4.48. The normalized spacial score (nSPS) is 25.7. The first-order chi connectivity index (χ1) is 10.8. The van der Waals surface area contributed by atoms with E-state index >= 15 is 0 Å². The summed E-state index contributed by atoms with van der Waals surface area (Å²) in [5, 5.41) is 6.68. The fraction of sp³-hybridized carbons (Fsp3) is 0.944. The predicted octanol–water partition coefficient (Wildman–Crippen LogP) is 3.04. The Labute approximate surface area is 146 Å². The molecule has 0 aromatic heterocycles. The topological polar surface area (TPSA) is 50.4 Å². The van der Waals surface area contributed by atoms with Gasteiger partial charge in [0, 0.05) is 25.7 Å². The lowest BCUT2D eigenvalue weighted by atomic mass is 9.68. The van der Waals surface area contributed by atoms with E-state index in [0.29, 0.717) is 11.5 Å². The minimum atomic E-state index is 0. The number of amides is 1. The molecule has 1 saturated carbocycles. The van der Waals surface area contributed by atoms with Gasteiger partial charge in [0.05, 0.1) is 0 Å². The Morgan fingerprint density at radius 2 is 1.70 bits per heavy atom. The number of ether oxygens (including phenoxy) is 1. The van der Waals surface area contributed by atoms with Crippen LogP contribution in [0.4, 0.5) is 0 Å². The van der Waals surface area contributed by atoms with Crippen LogP contribution in [0.15, 0.2) is 0 Å².